The highest BCUT2D eigenvalue weighted by Crippen LogP contribution is 2.39. The number of carbonyl (C=O) groups excluding carboxylic acids is 1. The van der Waals surface area contributed by atoms with Gasteiger partial charge in [-0.05, 0) is 114 Å². The third kappa shape index (κ3) is 15.2. The molecule has 242 valence electrons. The molecule has 0 aromatic heterocycles. The van der Waals surface area contributed by atoms with Gasteiger partial charge in [-0.1, -0.05) is 72.8 Å². The molecule has 1 aromatic rings. The molecule has 0 radical (unpaired) electrons. The summed E-state index contributed by atoms with van der Waals surface area (Å²) in [4.78, 5) is 18.0. The highest BCUT2D eigenvalue weighted by molar-refractivity contribution is 5.52. The zero-order chi connectivity index (χ0) is 30.9. The summed E-state index contributed by atoms with van der Waals surface area (Å²) in [5.74, 6) is 4.94. The van der Waals surface area contributed by atoms with Crippen LogP contribution in [0.1, 0.15) is 110 Å². The predicted molar refractivity (Wildman–Crippen MR) is 178 cm³/mol. The number of nitrogens with zero attached hydrogens (tertiary/aromatic N) is 3. The maximum atomic E-state index is 11.0. The van der Waals surface area contributed by atoms with Crippen LogP contribution in [0.25, 0.3) is 0 Å². The normalized spacial score (nSPS) is 19.7. The van der Waals surface area contributed by atoms with Gasteiger partial charge in [-0.25, -0.2) is 0 Å². The first kappa shape index (κ1) is 36.6. The van der Waals surface area contributed by atoms with Crippen LogP contribution < -0.4 is 9.47 Å². The minimum absolute atomic E-state index is 0.317. The minimum Gasteiger partial charge on any atom is -0.454 e. The van der Waals surface area contributed by atoms with Gasteiger partial charge in [-0.3, -0.25) is 4.90 Å². The van der Waals surface area contributed by atoms with Gasteiger partial charge in [0.05, 0.1) is 6.54 Å². The van der Waals surface area contributed by atoms with Crippen molar-refractivity contribution in [2.45, 2.75) is 111 Å². The zero-order valence-corrected chi connectivity index (χ0v) is 28.6. The van der Waals surface area contributed by atoms with Crippen LogP contribution in [0.5, 0.6) is 11.5 Å². The Balaban J connectivity index is 0.000000258. The molecule has 6 nitrogen and oxygen atoms in total. The molecule has 1 saturated carbocycles. The van der Waals surface area contributed by atoms with Gasteiger partial charge in [0.25, 0.3) is 0 Å². The van der Waals surface area contributed by atoms with E-state index in [1.165, 1.54) is 83.0 Å². The van der Waals surface area contributed by atoms with Gasteiger partial charge in [0.2, 0.25) is 6.79 Å². The van der Waals surface area contributed by atoms with Crippen molar-refractivity contribution in [3.05, 3.63) is 23.8 Å². The molecule has 0 bridgehead atoms. The molecular weight excluding hydrogens is 522 g/mol. The number of carbonyl (C=O) groups is 1. The van der Waals surface area contributed by atoms with E-state index in [1.54, 1.807) is 0 Å². The second kappa shape index (κ2) is 20.3. The van der Waals surface area contributed by atoms with Gasteiger partial charge in [0.15, 0.2) is 11.5 Å². The molecule has 0 spiro atoms. The molecule has 0 N–H and O–H groups in total. The zero-order valence-electron chi connectivity index (χ0n) is 28.6. The first-order chi connectivity index (χ1) is 20.1. The van der Waals surface area contributed by atoms with Gasteiger partial charge in [0.1, 0.15) is 6.29 Å². The van der Waals surface area contributed by atoms with Gasteiger partial charge in [0, 0.05) is 12.6 Å². The van der Waals surface area contributed by atoms with E-state index in [2.05, 4.69) is 82.6 Å². The van der Waals surface area contributed by atoms with E-state index in [1.807, 2.05) is 6.07 Å². The third-order valence-electron chi connectivity index (χ3n) is 8.67. The van der Waals surface area contributed by atoms with E-state index >= 15 is 0 Å². The Hall–Kier alpha value is -1.63. The summed E-state index contributed by atoms with van der Waals surface area (Å²) in [6.45, 7) is 16.9. The lowest BCUT2D eigenvalue weighted by atomic mass is 9.93. The van der Waals surface area contributed by atoms with Crippen LogP contribution in [0.15, 0.2) is 18.2 Å². The van der Waals surface area contributed by atoms with E-state index in [9.17, 15) is 4.79 Å². The maximum absolute atomic E-state index is 11.0. The topological polar surface area (TPSA) is 45.3 Å². The number of ether oxygens (including phenoxy) is 2. The molecule has 6 heteroatoms. The van der Waals surface area contributed by atoms with Crippen LogP contribution in [0.2, 0.25) is 0 Å². The van der Waals surface area contributed by atoms with Crippen molar-refractivity contribution in [2.24, 2.45) is 17.8 Å². The maximum Gasteiger partial charge on any atom is 0.231 e. The Morgan fingerprint density at radius 2 is 1.60 bits per heavy atom. The van der Waals surface area contributed by atoms with Gasteiger partial charge < -0.3 is 24.1 Å². The Morgan fingerprint density at radius 3 is 2.21 bits per heavy atom. The Kier molecular flexibility index (Phi) is 17.7. The van der Waals surface area contributed by atoms with E-state index in [0.717, 1.165) is 42.6 Å². The molecule has 2 aliphatic heterocycles. The molecule has 1 saturated heterocycles. The second-order valence-corrected chi connectivity index (χ2v) is 14.0. The number of rotatable bonds is 16. The minimum atomic E-state index is 0.317. The van der Waals surface area contributed by atoms with Crippen LogP contribution in [-0.4, -0.2) is 87.7 Å². The van der Waals surface area contributed by atoms with E-state index in [0.29, 0.717) is 31.2 Å². The monoisotopic (exact) mass is 588 g/mol. The average molecular weight is 588 g/mol. The fourth-order valence-electron chi connectivity index (χ4n) is 5.71. The molecule has 2 unspecified atom stereocenters. The lowest BCUT2D eigenvalue weighted by molar-refractivity contribution is -0.109. The molecule has 3 aliphatic rings. The Bertz CT molecular complexity index is 853. The molecule has 2 heterocycles. The van der Waals surface area contributed by atoms with Crippen molar-refractivity contribution in [2.75, 3.05) is 60.7 Å². The highest BCUT2D eigenvalue weighted by Gasteiger charge is 2.33. The lowest BCUT2D eigenvalue weighted by Gasteiger charge is -2.22. The van der Waals surface area contributed by atoms with Crippen LogP contribution in [-0.2, 0) is 4.79 Å². The number of hydrogen-bond donors (Lipinski definition) is 0. The number of fused-ring (bicyclic) bond motifs is 1. The smallest absolute Gasteiger partial charge is 0.231 e. The van der Waals surface area contributed by atoms with Gasteiger partial charge >= 0.3 is 0 Å². The summed E-state index contributed by atoms with van der Waals surface area (Å²) in [6.07, 6.45) is 14.5. The van der Waals surface area contributed by atoms with E-state index in [4.69, 9.17) is 9.47 Å². The van der Waals surface area contributed by atoms with E-state index < -0.39 is 0 Å². The number of likely N-dealkylation sites (tertiary alicyclic amines) is 1. The summed E-state index contributed by atoms with van der Waals surface area (Å²) in [7, 11) is 6.48. The fourth-order valence-corrected chi connectivity index (χ4v) is 5.71. The standard InChI is InChI=1S/C18H25NO3.C10H24N2.C8H16/c1-13(2)3-5-16-9-15(11-19(16)7-8-20)14-4-6-17-18(10-14)22-12-21-17;1-5-6-9-12(4)10-7-8-11(2)3;1-7(2)3-4-8-5-6-8/h4,6,8,10,13,15-16H,3,5,7,9,11-12H2,1-2H3;5-10H2,1-4H3;7-8H,3-6H2,1-2H3. The molecule has 2 atom stereocenters. The SMILES string of the molecule is CC(C)CCC1CC(c2ccc3c(c2)OCO3)CN1CC=O.CC(C)CCC1CC1.CCCCN(C)CCCN(C)C. The van der Waals surface area contributed by atoms with Crippen molar-refractivity contribution < 1.29 is 14.3 Å². The number of unbranched alkanes of at least 4 members (excludes halogenated alkanes) is 1. The summed E-state index contributed by atoms with van der Waals surface area (Å²) in [5.41, 5.74) is 1.30. The Labute approximate surface area is 259 Å². The lowest BCUT2D eigenvalue weighted by Crippen LogP contribution is -2.31. The van der Waals surface area contributed by atoms with E-state index in [-0.39, 0.29) is 0 Å². The van der Waals surface area contributed by atoms with Crippen molar-refractivity contribution in [1.29, 1.82) is 0 Å². The summed E-state index contributed by atoms with van der Waals surface area (Å²) in [5, 5.41) is 0. The van der Waals surface area contributed by atoms with Crippen LogP contribution >= 0.6 is 0 Å². The quantitative estimate of drug-likeness (QED) is 0.185. The van der Waals surface area contributed by atoms with Gasteiger partial charge in [-0.2, -0.15) is 0 Å². The molecule has 4 rings (SSSR count). The average Bonchev–Trinajstić information content (AvgIpc) is 3.51. The van der Waals surface area contributed by atoms with Crippen molar-refractivity contribution >= 4 is 6.29 Å². The number of hydrogen-bond acceptors (Lipinski definition) is 6. The van der Waals surface area contributed by atoms with Gasteiger partial charge in [-0.15, -0.1) is 0 Å². The first-order valence-electron chi connectivity index (χ1n) is 17.0. The molecular formula is C36H65N3O3. The van der Waals surface area contributed by atoms with Crippen LogP contribution in [0.3, 0.4) is 0 Å². The first-order valence-corrected chi connectivity index (χ1v) is 17.0. The Morgan fingerprint density at radius 1 is 0.929 bits per heavy atom. The largest absolute Gasteiger partial charge is 0.454 e. The predicted octanol–water partition coefficient (Wildman–Crippen LogP) is 7.71. The molecule has 0 amide bonds. The highest BCUT2D eigenvalue weighted by atomic mass is 16.7. The van der Waals surface area contributed by atoms with Crippen molar-refractivity contribution in [3.8, 4) is 11.5 Å². The summed E-state index contributed by atoms with van der Waals surface area (Å²) >= 11 is 0. The number of aldehydes is 1. The summed E-state index contributed by atoms with van der Waals surface area (Å²) < 4.78 is 10.9. The molecule has 1 aliphatic carbocycles. The van der Waals surface area contributed by atoms with Crippen molar-refractivity contribution in [1.82, 2.24) is 14.7 Å². The van der Waals surface area contributed by atoms with Crippen LogP contribution in [0, 0.1) is 17.8 Å². The van der Waals surface area contributed by atoms with Crippen molar-refractivity contribution in [3.63, 3.8) is 0 Å². The number of benzene rings is 1. The third-order valence-corrected chi connectivity index (χ3v) is 8.67. The molecule has 1 aromatic carbocycles. The second-order valence-electron chi connectivity index (χ2n) is 14.0. The van der Waals surface area contributed by atoms with Crippen LogP contribution in [0.4, 0.5) is 0 Å². The molecule has 2 fully saturated rings. The fraction of sp³-hybridized carbons (Fsp3) is 0.806. The molecule has 42 heavy (non-hydrogen) atoms. The summed E-state index contributed by atoms with van der Waals surface area (Å²) in [6, 6.07) is 6.77.